The van der Waals surface area contributed by atoms with Crippen LogP contribution in [0.1, 0.15) is 23.4 Å². The molecule has 1 aromatic heterocycles. The van der Waals surface area contributed by atoms with E-state index in [1.165, 1.54) is 24.8 Å². The molecule has 1 fully saturated rings. The Kier molecular flexibility index (Phi) is 4.60. The van der Waals surface area contributed by atoms with Crippen molar-refractivity contribution in [2.45, 2.75) is 12.8 Å². The number of benzene rings is 2. The van der Waals surface area contributed by atoms with Gasteiger partial charge < -0.3 is 20.0 Å². The predicted octanol–water partition coefficient (Wildman–Crippen LogP) is 4.88. The average Bonchev–Trinajstić information content (AvgIpc) is 3.38. The SMILES string of the molecule is O=C(Nc1ccc(Nc2ccc(N3CCCC3)cc2)cc1)c1ccco1. The van der Waals surface area contributed by atoms with E-state index in [0.717, 1.165) is 30.2 Å². The highest BCUT2D eigenvalue weighted by molar-refractivity contribution is 6.02. The minimum absolute atomic E-state index is 0.256. The summed E-state index contributed by atoms with van der Waals surface area (Å²) in [6.45, 7) is 2.30. The van der Waals surface area contributed by atoms with Gasteiger partial charge in [-0.05, 0) is 73.5 Å². The number of hydrogen-bond acceptors (Lipinski definition) is 4. The summed E-state index contributed by atoms with van der Waals surface area (Å²) in [5, 5.41) is 6.19. The number of nitrogens with one attached hydrogen (secondary N) is 2. The first-order valence-corrected chi connectivity index (χ1v) is 8.85. The fraction of sp³-hybridized carbons (Fsp3) is 0.190. The molecule has 5 nitrogen and oxygen atoms in total. The van der Waals surface area contributed by atoms with Gasteiger partial charge in [-0.1, -0.05) is 0 Å². The van der Waals surface area contributed by atoms with Crippen molar-refractivity contribution in [1.82, 2.24) is 0 Å². The summed E-state index contributed by atoms with van der Waals surface area (Å²) in [5.74, 6) is 0.0403. The number of furan rings is 1. The van der Waals surface area contributed by atoms with Gasteiger partial charge in [0.1, 0.15) is 0 Å². The highest BCUT2D eigenvalue weighted by atomic mass is 16.3. The second-order valence-corrected chi connectivity index (χ2v) is 6.37. The van der Waals surface area contributed by atoms with Crippen LogP contribution in [-0.4, -0.2) is 19.0 Å². The summed E-state index contributed by atoms with van der Waals surface area (Å²) >= 11 is 0. The lowest BCUT2D eigenvalue weighted by atomic mass is 10.2. The topological polar surface area (TPSA) is 57.5 Å². The molecule has 1 amide bonds. The molecule has 0 bridgehead atoms. The van der Waals surface area contributed by atoms with E-state index in [4.69, 9.17) is 4.42 Å². The first-order valence-electron chi connectivity index (χ1n) is 8.85. The molecule has 0 spiro atoms. The van der Waals surface area contributed by atoms with Gasteiger partial charge in [-0.3, -0.25) is 4.79 Å². The maximum atomic E-state index is 12.0. The average molecular weight is 347 g/mol. The van der Waals surface area contributed by atoms with Crippen molar-refractivity contribution < 1.29 is 9.21 Å². The number of hydrogen-bond donors (Lipinski definition) is 2. The third-order valence-corrected chi connectivity index (χ3v) is 4.51. The van der Waals surface area contributed by atoms with Crippen molar-refractivity contribution in [3.05, 3.63) is 72.7 Å². The molecule has 2 aromatic carbocycles. The van der Waals surface area contributed by atoms with Gasteiger partial charge in [0.2, 0.25) is 0 Å². The van der Waals surface area contributed by atoms with Crippen LogP contribution in [0.3, 0.4) is 0 Å². The van der Waals surface area contributed by atoms with Gasteiger partial charge in [-0.25, -0.2) is 0 Å². The van der Waals surface area contributed by atoms with Gasteiger partial charge in [0.25, 0.3) is 5.91 Å². The van der Waals surface area contributed by atoms with Gasteiger partial charge >= 0.3 is 0 Å². The lowest BCUT2D eigenvalue weighted by molar-refractivity contribution is 0.0996. The van der Waals surface area contributed by atoms with Gasteiger partial charge in [-0.2, -0.15) is 0 Å². The Morgan fingerprint density at radius 3 is 2.08 bits per heavy atom. The van der Waals surface area contributed by atoms with E-state index in [2.05, 4.69) is 39.8 Å². The number of anilines is 4. The predicted molar refractivity (Wildman–Crippen MR) is 104 cm³/mol. The molecular weight excluding hydrogens is 326 g/mol. The zero-order chi connectivity index (χ0) is 17.8. The van der Waals surface area contributed by atoms with E-state index in [9.17, 15) is 4.79 Å². The van der Waals surface area contributed by atoms with Crippen molar-refractivity contribution >= 4 is 28.7 Å². The molecule has 0 saturated carbocycles. The molecule has 0 atom stereocenters. The molecule has 132 valence electrons. The van der Waals surface area contributed by atoms with E-state index < -0.39 is 0 Å². The Bertz CT molecular complexity index is 849. The van der Waals surface area contributed by atoms with Gasteiger partial charge in [0.15, 0.2) is 5.76 Å². The molecule has 2 N–H and O–H groups in total. The Hall–Kier alpha value is -3.21. The maximum absolute atomic E-state index is 12.0. The Balaban J connectivity index is 1.37. The largest absolute Gasteiger partial charge is 0.459 e. The van der Waals surface area contributed by atoms with Crippen LogP contribution in [-0.2, 0) is 0 Å². The summed E-state index contributed by atoms with van der Waals surface area (Å²) < 4.78 is 5.09. The third kappa shape index (κ3) is 3.72. The van der Waals surface area contributed by atoms with Crippen LogP contribution in [0.5, 0.6) is 0 Å². The van der Waals surface area contributed by atoms with Crippen LogP contribution in [0, 0.1) is 0 Å². The molecule has 1 saturated heterocycles. The second-order valence-electron chi connectivity index (χ2n) is 6.37. The Morgan fingerprint density at radius 1 is 0.846 bits per heavy atom. The van der Waals surface area contributed by atoms with Crippen molar-refractivity contribution in [3.63, 3.8) is 0 Å². The van der Waals surface area contributed by atoms with E-state index in [1.54, 1.807) is 12.1 Å². The molecule has 0 unspecified atom stereocenters. The first-order chi connectivity index (χ1) is 12.8. The molecule has 2 heterocycles. The van der Waals surface area contributed by atoms with Crippen molar-refractivity contribution in [2.75, 3.05) is 28.6 Å². The van der Waals surface area contributed by atoms with E-state index in [-0.39, 0.29) is 5.91 Å². The van der Waals surface area contributed by atoms with Crippen molar-refractivity contribution in [2.24, 2.45) is 0 Å². The first kappa shape index (κ1) is 16.3. The quantitative estimate of drug-likeness (QED) is 0.691. The van der Waals surface area contributed by atoms with Crippen molar-refractivity contribution in [3.8, 4) is 0 Å². The van der Waals surface area contributed by atoms with Crippen LogP contribution in [0.25, 0.3) is 0 Å². The van der Waals surface area contributed by atoms with E-state index in [0.29, 0.717) is 5.76 Å². The van der Waals surface area contributed by atoms with E-state index >= 15 is 0 Å². The summed E-state index contributed by atoms with van der Waals surface area (Å²) in [5.41, 5.74) is 4.01. The zero-order valence-electron chi connectivity index (χ0n) is 14.4. The van der Waals surface area contributed by atoms with Crippen molar-refractivity contribution in [1.29, 1.82) is 0 Å². The Labute approximate surface area is 152 Å². The van der Waals surface area contributed by atoms with Gasteiger partial charge in [-0.15, -0.1) is 0 Å². The molecule has 0 aliphatic carbocycles. The number of amides is 1. The Morgan fingerprint density at radius 2 is 1.46 bits per heavy atom. The molecular formula is C21H21N3O2. The zero-order valence-corrected chi connectivity index (χ0v) is 14.4. The van der Waals surface area contributed by atoms with E-state index in [1.807, 2.05) is 24.3 Å². The van der Waals surface area contributed by atoms with Gasteiger partial charge in [0, 0.05) is 35.8 Å². The number of carbonyl (C=O) groups excluding carboxylic acids is 1. The molecule has 1 aliphatic heterocycles. The summed E-state index contributed by atoms with van der Waals surface area (Å²) in [4.78, 5) is 14.4. The van der Waals surface area contributed by atoms with Crippen LogP contribution < -0.4 is 15.5 Å². The van der Waals surface area contributed by atoms with Gasteiger partial charge in [0.05, 0.1) is 6.26 Å². The summed E-state index contributed by atoms with van der Waals surface area (Å²) in [6, 6.07) is 19.4. The summed E-state index contributed by atoms with van der Waals surface area (Å²) in [6.07, 6.45) is 4.04. The number of nitrogens with zero attached hydrogens (tertiary/aromatic N) is 1. The fourth-order valence-electron chi connectivity index (χ4n) is 3.13. The molecule has 4 rings (SSSR count). The molecule has 5 heteroatoms. The lowest BCUT2D eigenvalue weighted by Crippen LogP contribution is -2.17. The number of carbonyl (C=O) groups is 1. The smallest absolute Gasteiger partial charge is 0.291 e. The minimum Gasteiger partial charge on any atom is -0.459 e. The molecule has 0 radical (unpaired) electrons. The number of rotatable bonds is 5. The second kappa shape index (κ2) is 7.35. The lowest BCUT2D eigenvalue weighted by Gasteiger charge is -2.18. The third-order valence-electron chi connectivity index (χ3n) is 4.51. The normalized spacial score (nSPS) is 13.6. The highest BCUT2D eigenvalue weighted by Gasteiger charge is 2.12. The molecule has 3 aromatic rings. The van der Waals surface area contributed by atoms with Crippen LogP contribution in [0.15, 0.2) is 71.3 Å². The minimum atomic E-state index is -0.256. The van der Waals surface area contributed by atoms with Crippen LogP contribution in [0.4, 0.5) is 22.7 Å². The fourth-order valence-corrected chi connectivity index (χ4v) is 3.13. The highest BCUT2D eigenvalue weighted by Crippen LogP contribution is 2.24. The van der Waals surface area contributed by atoms with Crippen LogP contribution >= 0.6 is 0 Å². The maximum Gasteiger partial charge on any atom is 0.291 e. The monoisotopic (exact) mass is 347 g/mol. The molecule has 1 aliphatic rings. The standard InChI is InChI=1S/C21H21N3O2/c25-21(20-4-3-15-26-20)23-18-7-5-16(6-8-18)22-17-9-11-19(12-10-17)24-13-1-2-14-24/h3-12,15,22H,1-2,13-14H2,(H,23,25). The molecule has 26 heavy (non-hydrogen) atoms. The summed E-state index contributed by atoms with van der Waals surface area (Å²) in [7, 11) is 0. The van der Waals surface area contributed by atoms with Crippen LogP contribution in [0.2, 0.25) is 0 Å².